The minimum atomic E-state index is -3.28. The van der Waals surface area contributed by atoms with Crippen LogP contribution in [-0.4, -0.2) is 21.2 Å². The average molecular weight is 304 g/mol. The molecule has 112 valence electrons. The Kier molecular flexibility index (Phi) is 4.85. The van der Waals surface area contributed by atoms with Crippen molar-refractivity contribution in [1.82, 2.24) is 0 Å². The van der Waals surface area contributed by atoms with E-state index in [-0.39, 0.29) is 0 Å². The first kappa shape index (κ1) is 15.4. The SMILES string of the molecule is CC(CNc1ccccc1NS(C)(=O)=O)c1ccccc1. The van der Waals surface area contributed by atoms with Gasteiger partial charge in [0.05, 0.1) is 17.6 Å². The Morgan fingerprint density at radius 1 is 0.952 bits per heavy atom. The average Bonchev–Trinajstić information content (AvgIpc) is 2.45. The van der Waals surface area contributed by atoms with Gasteiger partial charge in [0.2, 0.25) is 10.0 Å². The van der Waals surface area contributed by atoms with Crippen LogP contribution in [0.3, 0.4) is 0 Å². The Bertz CT molecular complexity index is 684. The fourth-order valence-corrected chi connectivity index (χ4v) is 2.67. The highest BCUT2D eigenvalue weighted by Crippen LogP contribution is 2.23. The van der Waals surface area contributed by atoms with E-state index in [0.29, 0.717) is 11.6 Å². The van der Waals surface area contributed by atoms with Gasteiger partial charge in [0.25, 0.3) is 0 Å². The van der Waals surface area contributed by atoms with Gasteiger partial charge in [0.1, 0.15) is 0 Å². The molecule has 0 heterocycles. The molecule has 0 amide bonds. The Labute approximate surface area is 126 Å². The third-order valence-electron chi connectivity index (χ3n) is 3.19. The molecule has 0 bridgehead atoms. The summed E-state index contributed by atoms with van der Waals surface area (Å²) in [5, 5.41) is 3.31. The molecule has 0 spiro atoms. The predicted octanol–water partition coefficient (Wildman–Crippen LogP) is 3.27. The third kappa shape index (κ3) is 4.79. The molecule has 0 radical (unpaired) electrons. The smallest absolute Gasteiger partial charge is 0.229 e. The lowest BCUT2D eigenvalue weighted by atomic mass is 10.0. The summed E-state index contributed by atoms with van der Waals surface area (Å²) >= 11 is 0. The zero-order valence-corrected chi connectivity index (χ0v) is 13.0. The summed E-state index contributed by atoms with van der Waals surface area (Å²) in [6.07, 6.45) is 1.15. The molecule has 2 aromatic carbocycles. The van der Waals surface area contributed by atoms with Crippen LogP contribution in [0.5, 0.6) is 0 Å². The van der Waals surface area contributed by atoms with Crippen molar-refractivity contribution in [2.24, 2.45) is 0 Å². The largest absolute Gasteiger partial charge is 0.383 e. The van der Waals surface area contributed by atoms with E-state index in [0.717, 1.165) is 18.5 Å². The molecule has 2 rings (SSSR count). The molecule has 0 aliphatic heterocycles. The van der Waals surface area contributed by atoms with Gasteiger partial charge in [-0.25, -0.2) is 8.42 Å². The standard InChI is InChI=1S/C16H20N2O2S/c1-13(14-8-4-3-5-9-14)12-17-15-10-6-7-11-16(15)18-21(2,19)20/h3-11,13,17-18H,12H2,1-2H3. The van der Waals surface area contributed by atoms with Gasteiger partial charge in [-0.15, -0.1) is 0 Å². The van der Waals surface area contributed by atoms with Crippen molar-refractivity contribution in [3.8, 4) is 0 Å². The monoisotopic (exact) mass is 304 g/mol. The van der Waals surface area contributed by atoms with Crippen LogP contribution >= 0.6 is 0 Å². The fraction of sp³-hybridized carbons (Fsp3) is 0.250. The second kappa shape index (κ2) is 6.63. The molecule has 0 aliphatic rings. The van der Waals surface area contributed by atoms with Crippen molar-refractivity contribution >= 4 is 21.4 Å². The summed E-state index contributed by atoms with van der Waals surface area (Å²) in [7, 11) is -3.28. The minimum Gasteiger partial charge on any atom is -0.383 e. The maximum absolute atomic E-state index is 11.4. The van der Waals surface area contributed by atoms with Crippen molar-refractivity contribution in [1.29, 1.82) is 0 Å². The van der Waals surface area contributed by atoms with E-state index in [1.807, 2.05) is 30.3 Å². The number of sulfonamides is 1. The highest BCUT2D eigenvalue weighted by Gasteiger charge is 2.09. The lowest BCUT2D eigenvalue weighted by Gasteiger charge is -2.16. The third-order valence-corrected chi connectivity index (χ3v) is 3.78. The van der Waals surface area contributed by atoms with Gasteiger partial charge >= 0.3 is 0 Å². The maximum atomic E-state index is 11.4. The van der Waals surface area contributed by atoms with Crippen molar-refractivity contribution < 1.29 is 8.42 Å². The Balaban J connectivity index is 2.07. The summed E-state index contributed by atoms with van der Waals surface area (Å²) in [5.74, 6) is 0.331. The second-order valence-corrected chi connectivity index (χ2v) is 6.86. The first-order valence-corrected chi connectivity index (χ1v) is 8.70. The van der Waals surface area contributed by atoms with Gasteiger partial charge in [-0.2, -0.15) is 0 Å². The number of para-hydroxylation sites is 2. The summed E-state index contributed by atoms with van der Waals surface area (Å²) < 4.78 is 25.3. The van der Waals surface area contributed by atoms with Gasteiger partial charge in [-0.05, 0) is 23.6 Å². The van der Waals surface area contributed by atoms with E-state index < -0.39 is 10.0 Å². The molecule has 2 aromatic rings. The van der Waals surface area contributed by atoms with E-state index >= 15 is 0 Å². The van der Waals surface area contributed by atoms with Crippen LogP contribution in [0.4, 0.5) is 11.4 Å². The molecule has 21 heavy (non-hydrogen) atoms. The summed E-state index contributed by atoms with van der Waals surface area (Å²) in [4.78, 5) is 0. The number of benzene rings is 2. The van der Waals surface area contributed by atoms with Gasteiger partial charge in [0.15, 0.2) is 0 Å². The first-order chi connectivity index (χ1) is 9.96. The fourth-order valence-electron chi connectivity index (χ4n) is 2.09. The zero-order chi connectivity index (χ0) is 15.3. The maximum Gasteiger partial charge on any atom is 0.229 e. The minimum absolute atomic E-state index is 0.331. The molecule has 1 atom stereocenters. The number of hydrogen-bond donors (Lipinski definition) is 2. The predicted molar refractivity (Wildman–Crippen MR) is 88.3 cm³/mol. The van der Waals surface area contributed by atoms with Crippen LogP contribution in [0.2, 0.25) is 0 Å². The molecule has 0 saturated carbocycles. The van der Waals surface area contributed by atoms with Crippen molar-refractivity contribution in [2.45, 2.75) is 12.8 Å². The quantitative estimate of drug-likeness (QED) is 0.861. The lowest BCUT2D eigenvalue weighted by Crippen LogP contribution is -2.14. The summed E-state index contributed by atoms with van der Waals surface area (Å²) in [5.41, 5.74) is 2.60. The van der Waals surface area contributed by atoms with Gasteiger partial charge in [0, 0.05) is 6.54 Å². The van der Waals surface area contributed by atoms with Crippen LogP contribution < -0.4 is 10.0 Å². The zero-order valence-electron chi connectivity index (χ0n) is 12.2. The molecular formula is C16H20N2O2S. The van der Waals surface area contributed by atoms with Gasteiger partial charge in [-0.1, -0.05) is 49.4 Å². The number of anilines is 2. The van der Waals surface area contributed by atoms with Crippen molar-refractivity contribution in [2.75, 3.05) is 22.8 Å². The van der Waals surface area contributed by atoms with Crippen LogP contribution in [0, 0.1) is 0 Å². The molecule has 1 unspecified atom stereocenters. The van der Waals surface area contributed by atoms with Gasteiger partial charge < -0.3 is 5.32 Å². The number of rotatable bonds is 6. The summed E-state index contributed by atoms with van der Waals surface area (Å²) in [6, 6.07) is 17.5. The first-order valence-electron chi connectivity index (χ1n) is 6.81. The molecule has 4 nitrogen and oxygen atoms in total. The van der Waals surface area contributed by atoms with E-state index in [9.17, 15) is 8.42 Å². The van der Waals surface area contributed by atoms with Gasteiger partial charge in [-0.3, -0.25) is 4.72 Å². The molecule has 5 heteroatoms. The van der Waals surface area contributed by atoms with E-state index in [4.69, 9.17) is 0 Å². The molecule has 0 fully saturated rings. The molecular weight excluding hydrogens is 284 g/mol. The Hall–Kier alpha value is -2.01. The Morgan fingerprint density at radius 3 is 2.14 bits per heavy atom. The lowest BCUT2D eigenvalue weighted by molar-refractivity contribution is 0.607. The van der Waals surface area contributed by atoms with E-state index in [2.05, 4.69) is 29.1 Å². The highest BCUT2D eigenvalue weighted by atomic mass is 32.2. The number of hydrogen-bond acceptors (Lipinski definition) is 3. The molecule has 0 aliphatic carbocycles. The number of nitrogens with one attached hydrogen (secondary N) is 2. The molecule has 0 saturated heterocycles. The van der Waals surface area contributed by atoms with E-state index in [1.54, 1.807) is 12.1 Å². The van der Waals surface area contributed by atoms with Crippen molar-refractivity contribution in [3.05, 3.63) is 60.2 Å². The summed E-state index contributed by atoms with van der Waals surface area (Å²) in [6.45, 7) is 2.86. The van der Waals surface area contributed by atoms with Crippen LogP contribution in [0.25, 0.3) is 0 Å². The second-order valence-electron chi connectivity index (χ2n) is 5.11. The van der Waals surface area contributed by atoms with Crippen molar-refractivity contribution in [3.63, 3.8) is 0 Å². The molecule has 2 N–H and O–H groups in total. The Morgan fingerprint density at radius 2 is 1.52 bits per heavy atom. The normalized spacial score (nSPS) is 12.7. The van der Waals surface area contributed by atoms with Crippen LogP contribution in [-0.2, 0) is 10.0 Å². The molecule has 0 aromatic heterocycles. The van der Waals surface area contributed by atoms with E-state index in [1.165, 1.54) is 5.56 Å². The van der Waals surface area contributed by atoms with Crippen LogP contribution in [0.1, 0.15) is 18.4 Å². The highest BCUT2D eigenvalue weighted by molar-refractivity contribution is 7.92. The van der Waals surface area contributed by atoms with Crippen LogP contribution in [0.15, 0.2) is 54.6 Å². The topological polar surface area (TPSA) is 58.2 Å².